The first-order valence-corrected chi connectivity index (χ1v) is 6.88. The first-order valence-electron chi connectivity index (χ1n) is 6.50. The van der Waals surface area contributed by atoms with Crippen LogP contribution in [0.1, 0.15) is 61.8 Å². The van der Waals surface area contributed by atoms with Crippen molar-refractivity contribution in [1.29, 1.82) is 0 Å². The van der Waals surface area contributed by atoms with Crippen molar-refractivity contribution < 1.29 is 4.48 Å². The van der Waals surface area contributed by atoms with Gasteiger partial charge in [-0.2, -0.15) is 0 Å². The summed E-state index contributed by atoms with van der Waals surface area (Å²) in [6.07, 6.45) is 1.06. The van der Waals surface area contributed by atoms with Crippen molar-refractivity contribution >= 4 is 11.8 Å². The molecular weight excluding hydrogens is 232 g/mol. The topological polar surface area (TPSA) is 12.0 Å². The van der Waals surface area contributed by atoms with Crippen LogP contribution in [0.2, 0.25) is 0 Å². The van der Waals surface area contributed by atoms with Gasteiger partial charge in [-0.15, -0.1) is 0 Å². The molecule has 0 rings (SSSR count). The predicted octanol–water partition coefficient (Wildman–Crippen LogP) is 3.94. The molecule has 0 spiro atoms. The van der Waals surface area contributed by atoms with E-state index in [1.807, 2.05) is 0 Å². The maximum absolute atomic E-state index is 5.79. The molecule has 0 unspecified atom stereocenters. The molecular formula is C14H32ClN2+. The van der Waals surface area contributed by atoms with Crippen molar-refractivity contribution in [3.05, 3.63) is 0 Å². The molecule has 0 aromatic rings. The van der Waals surface area contributed by atoms with Gasteiger partial charge in [-0.05, 0) is 67.2 Å². The fourth-order valence-corrected chi connectivity index (χ4v) is 2.32. The second kappa shape index (κ2) is 5.07. The third kappa shape index (κ3) is 4.11. The van der Waals surface area contributed by atoms with Gasteiger partial charge in [0.25, 0.3) is 0 Å². The van der Waals surface area contributed by atoms with Gasteiger partial charge in [0.15, 0.2) is 0 Å². The van der Waals surface area contributed by atoms with Gasteiger partial charge in [-0.3, -0.25) is 0 Å². The van der Waals surface area contributed by atoms with E-state index in [1.54, 1.807) is 0 Å². The van der Waals surface area contributed by atoms with E-state index in [9.17, 15) is 0 Å². The van der Waals surface area contributed by atoms with Crippen molar-refractivity contribution in [2.24, 2.45) is 0 Å². The Hall–Kier alpha value is 0.210. The molecule has 104 valence electrons. The molecule has 0 aliphatic rings. The van der Waals surface area contributed by atoms with Crippen LogP contribution in [0.3, 0.4) is 0 Å². The fourth-order valence-electron chi connectivity index (χ4n) is 2.23. The lowest BCUT2D eigenvalue weighted by molar-refractivity contribution is -0.994. The molecule has 0 heterocycles. The Kier molecular flexibility index (Phi) is 5.13. The van der Waals surface area contributed by atoms with Gasteiger partial charge < -0.3 is 4.48 Å². The molecule has 0 atom stereocenters. The Labute approximate surface area is 113 Å². The summed E-state index contributed by atoms with van der Waals surface area (Å²) in [5, 5.41) is 0. The molecule has 17 heavy (non-hydrogen) atoms. The maximum atomic E-state index is 5.79. The van der Waals surface area contributed by atoms with Crippen LogP contribution in [0, 0.1) is 0 Å². The molecule has 0 aromatic carbocycles. The molecule has 0 radical (unpaired) electrons. The molecule has 2 nitrogen and oxygen atoms in total. The predicted molar refractivity (Wildman–Crippen MR) is 78.2 cm³/mol. The van der Waals surface area contributed by atoms with Crippen molar-refractivity contribution in [3.63, 3.8) is 0 Å². The van der Waals surface area contributed by atoms with Crippen molar-refractivity contribution in [3.8, 4) is 0 Å². The van der Waals surface area contributed by atoms with E-state index in [2.05, 4.69) is 67.3 Å². The van der Waals surface area contributed by atoms with Crippen molar-refractivity contribution in [1.82, 2.24) is 4.84 Å². The zero-order valence-corrected chi connectivity index (χ0v) is 14.0. The molecule has 0 fully saturated rings. The summed E-state index contributed by atoms with van der Waals surface area (Å²) in [7, 11) is 2.35. The molecule has 0 aromatic heterocycles. The largest absolute Gasteiger partial charge is 0.318 e. The van der Waals surface area contributed by atoms with Crippen LogP contribution in [0.15, 0.2) is 0 Å². The van der Waals surface area contributed by atoms with Gasteiger partial charge >= 0.3 is 0 Å². The zero-order valence-electron chi connectivity index (χ0n) is 13.2. The second-order valence-corrected chi connectivity index (χ2v) is 8.17. The summed E-state index contributed by atoms with van der Waals surface area (Å²) in [6.45, 7) is 19.3. The van der Waals surface area contributed by atoms with Gasteiger partial charge in [-0.25, -0.2) is 4.84 Å². The van der Waals surface area contributed by atoms with Crippen LogP contribution in [-0.4, -0.2) is 34.7 Å². The summed E-state index contributed by atoms with van der Waals surface area (Å²) in [4.78, 5) is 2.88. The maximum Gasteiger partial charge on any atom is 0.0909 e. The first kappa shape index (κ1) is 17.2. The molecule has 0 aliphatic carbocycles. The van der Waals surface area contributed by atoms with E-state index in [1.165, 1.54) is 0 Å². The minimum absolute atomic E-state index is 0.0163. The first-order chi connectivity index (χ1) is 7.27. The lowest BCUT2D eigenvalue weighted by Gasteiger charge is -2.55. The zero-order chi connectivity index (χ0) is 14.1. The van der Waals surface area contributed by atoms with E-state index in [-0.39, 0.29) is 16.6 Å². The number of nitrogens with zero attached hydrogens (tertiary/aromatic N) is 1. The van der Waals surface area contributed by atoms with Gasteiger partial charge in [0, 0.05) is 12.0 Å². The SMILES string of the molecule is CC(C)(CC[N+](C)(C(C)(C)C)C(C)(C)C)NCl. The molecule has 0 bridgehead atoms. The fraction of sp³-hybridized carbons (Fsp3) is 1.00. The molecule has 1 N–H and O–H groups in total. The highest BCUT2D eigenvalue weighted by Crippen LogP contribution is 2.34. The quantitative estimate of drug-likeness (QED) is 0.598. The monoisotopic (exact) mass is 263 g/mol. The van der Waals surface area contributed by atoms with Gasteiger partial charge in [0.1, 0.15) is 0 Å². The third-order valence-electron chi connectivity index (χ3n) is 4.40. The summed E-state index contributed by atoms with van der Waals surface area (Å²) >= 11 is 5.79. The third-order valence-corrected chi connectivity index (χ3v) is 4.91. The Bertz CT molecular complexity index is 232. The number of hydrogen-bond acceptors (Lipinski definition) is 1. The van der Waals surface area contributed by atoms with Crippen LogP contribution in [0.5, 0.6) is 0 Å². The highest BCUT2D eigenvalue weighted by molar-refractivity contribution is 6.13. The average Bonchev–Trinajstić information content (AvgIpc) is 2.10. The summed E-state index contributed by atoms with van der Waals surface area (Å²) in [6, 6.07) is 0. The molecule has 3 heteroatoms. The highest BCUT2D eigenvalue weighted by atomic mass is 35.5. The minimum Gasteiger partial charge on any atom is -0.318 e. The average molecular weight is 264 g/mol. The van der Waals surface area contributed by atoms with Gasteiger partial charge in [0.05, 0.1) is 24.7 Å². The second-order valence-electron chi connectivity index (χ2n) is 7.99. The molecule has 0 saturated heterocycles. The normalized spacial score (nSPS) is 15.2. The lowest BCUT2D eigenvalue weighted by atomic mass is 9.89. The van der Waals surface area contributed by atoms with Crippen molar-refractivity contribution in [2.75, 3.05) is 13.6 Å². The number of nitrogens with one attached hydrogen (secondary N) is 1. The number of quaternary nitrogens is 1. The Morgan fingerprint density at radius 2 is 1.24 bits per heavy atom. The number of rotatable bonds is 4. The molecule has 0 aliphatic heterocycles. The number of halogens is 1. The Morgan fingerprint density at radius 3 is 1.47 bits per heavy atom. The van der Waals surface area contributed by atoms with E-state index in [0.29, 0.717) is 0 Å². The summed E-state index contributed by atoms with van der Waals surface area (Å²) in [5.74, 6) is 0. The van der Waals surface area contributed by atoms with E-state index in [0.717, 1.165) is 17.4 Å². The van der Waals surface area contributed by atoms with Crippen molar-refractivity contribution in [2.45, 2.75) is 78.4 Å². The molecule has 0 saturated carbocycles. The van der Waals surface area contributed by atoms with E-state index >= 15 is 0 Å². The van der Waals surface area contributed by atoms with Crippen LogP contribution in [0.25, 0.3) is 0 Å². The van der Waals surface area contributed by atoms with E-state index in [4.69, 9.17) is 11.8 Å². The van der Waals surface area contributed by atoms with Crippen LogP contribution >= 0.6 is 11.8 Å². The van der Waals surface area contributed by atoms with Gasteiger partial charge in [0.2, 0.25) is 0 Å². The summed E-state index contributed by atoms with van der Waals surface area (Å²) < 4.78 is 1.03. The Balaban J connectivity index is 5.01. The Morgan fingerprint density at radius 1 is 0.882 bits per heavy atom. The number of hydrogen-bond donors (Lipinski definition) is 1. The van der Waals surface area contributed by atoms with Crippen LogP contribution < -0.4 is 4.84 Å². The van der Waals surface area contributed by atoms with Gasteiger partial charge in [-0.1, -0.05) is 0 Å². The smallest absolute Gasteiger partial charge is 0.0909 e. The summed E-state index contributed by atoms with van der Waals surface area (Å²) in [5.41, 5.74) is 0.429. The standard InChI is InChI=1S/C14H32ClN2/c1-12(2,3)17(9,13(4,5)6)11-10-14(7,8)16-15/h16H,10-11H2,1-9H3/q+1. The minimum atomic E-state index is -0.0163. The molecule has 0 amide bonds. The van der Waals surface area contributed by atoms with Crippen LogP contribution in [0.4, 0.5) is 0 Å². The highest BCUT2D eigenvalue weighted by Gasteiger charge is 2.45. The van der Waals surface area contributed by atoms with E-state index < -0.39 is 0 Å². The van der Waals surface area contributed by atoms with Crippen LogP contribution in [-0.2, 0) is 0 Å². The lowest BCUT2D eigenvalue weighted by Crippen LogP contribution is -2.67.